The molecule has 3 nitrogen and oxygen atoms in total. The Hall–Kier alpha value is -1.16. The molecule has 1 unspecified atom stereocenters. The maximum Gasteiger partial charge on any atom is 0.0654 e. The van der Waals surface area contributed by atoms with E-state index in [0.29, 0.717) is 6.04 Å². The van der Waals surface area contributed by atoms with Gasteiger partial charge in [-0.25, -0.2) is 0 Å². The fraction of sp³-hybridized carbons (Fsp3) is 0.467. The van der Waals surface area contributed by atoms with Crippen molar-refractivity contribution in [1.82, 2.24) is 10.2 Å². The Morgan fingerprint density at radius 2 is 2.00 bits per heavy atom. The molecule has 1 saturated heterocycles. The van der Waals surface area contributed by atoms with Gasteiger partial charge in [-0.1, -0.05) is 42.5 Å². The molecule has 1 atom stereocenters. The molecular formula is C15H22N2O. The topological polar surface area (TPSA) is 24.5 Å². The van der Waals surface area contributed by atoms with Crippen LogP contribution in [0.25, 0.3) is 6.08 Å². The molecule has 1 aromatic rings. The van der Waals surface area contributed by atoms with Crippen LogP contribution in [0.5, 0.6) is 0 Å². The van der Waals surface area contributed by atoms with E-state index in [2.05, 4.69) is 46.6 Å². The van der Waals surface area contributed by atoms with Crippen LogP contribution in [0.15, 0.2) is 36.4 Å². The van der Waals surface area contributed by atoms with E-state index in [1.54, 1.807) is 7.11 Å². The van der Waals surface area contributed by atoms with Gasteiger partial charge in [0.05, 0.1) is 12.6 Å². The monoisotopic (exact) mass is 246 g/mol. The van der Waals surface area contributed by atoms with Crippen molar-refractivity contribution in [2.45, 2.75) is 6.04 Å². The fourth-order valence-corrected chi connectivity index (χ4v) is 2.25. The van der Waals surface area contributed by atoms with Crippen LogP contribution in [0.3, 0.4) is 0 Å². The zero-order chi connectivity index (χ0) is 12.6. The van der Waals surface area contributed by atoms with E-state index in [4.69, 9.17) is 4.74 Å². The number of hydrogen-bond acceptors (Lipinski definition) is 3. The molecule has 1 N–H and O–H groups in total. The second kappa shape index (κ2) is 7.31. The van der Waals surface area contributed by atoms with Gasteiger partial charge in [-0.15, -0.1) is 0 Å². The quantitative estimate of drug-likeness (QED) is 0.854. The van der Waals surface area contributed by atoms with E-state index in [0.717, 1.165) is 32.8 Å². The third-order valence-electron chi connectivity index (χ3n) is 3.27. The molecule has 1 fully saturated rings. The Morgan fingerprint density at radius 1 is 1.28 bits per heavy atom. The first-order valence-corrected chi connectivity index (χ1v) is 6.57. The summed E-state index contributed by atoms with van der Waals surface area (Å²) >= 11 is 0. The van der Waals surface area contributed by atoms with Gasteiger partial charge in [-0.3, -0.25) is 4.90 Å². The Morgan fingerprint density at radius 3 is 2.67 bits per heavy atom. The number of ether oxygens (including phenoxy) is 1. The average molecular weight is 246 g/mol. The smallest absolute Gasteiger partial charge is 0.0654 e. The molecule has 0 amide bonds. The van der Waals surface area contributed by atoms with Crippen molar-refractivity contribution in [2.24, 2.45) is 0 Å². The van der Waals surface area contributed by atoms with Crippen LogP contribution in [0.1, 0.15) is 5.56 Å². The number of nitrogens with one attached hydrogen (secondary N) is 1. The fourth-order valence-electron chi connectivity index (χ4n) is 2.25. The van der Waals surface area contributed by atoms with E-state index in [1.165, 1.54) is 5.56 Å². The van der Waals surface area contributed by atoms with E-state index >= 15 is 0 Å². The largest absolute Gasteiger partial charge is 0.383 e. The molecule has 3 heteroatoms. The highest BCUT2D eigenvalue weighted by molar-refractivity contribution is 5.49. The number of methoxy groups -OCH3 is 1. The van der Waals surface area contributed by atoms with Crippen LogP contribution in [-0.2, 0) is 4.74 Å². The first kappa shape index (κ1) is 13.3. The predicted octanol–water partition coefficient (Wildman–Crippen LogP) is 1.62. The molecule has 0 spiro atoms. The predicted molar refractivity (Wildman–Crippen MR) is 75.6 cm³/mol. The standard InChI is InChI=1S/C15H22N2O/c1-18-13-15(17-11-9-16-10-12-17)8-7-14-5-3-2-4-6-14/h2-8,15-16H,9-13H2,1H3/b8-7+. The molecule has 0 aromatic heterocycles. The summed E-state index contributed by atoms with van der Waals surface area (Å²) in [6, 6.07) is 10.8. The number of benzene rings is 1. The zero-order valence-corrected chi connectivity index (χ0v) is 11.0. The van der Waals surface area contributed by atoms with Gasteiger partial charge < -0.3 is 10.1 Å². The minimum Gasteiger partial charge on any atom is -0.383 e. The van der Waals surface area contributed by atoms with Crippen molar-refractivity contribution in [3.05, 3.63) is 42.0 Å². The lowest BCUT2D eigenvalue weighted by molar-refractivity contribution is 0.105. The summed E-state index contributed by atoms with van der Waals surface area (Å²) in [5, 5.41) is 3.38. The van der Waals surface area contributed by atoms with Crippen LogP contribution in [-0.4, -0.2) is 50.8 Å². The second-order valence-corrected chi connectivity index (χ2v) is 4.58. The highest BCUT2D eigenvalue weighted by atomic mass is 16.5. The average Bonchev–Trinajstić information content (AvgIpc) is 2.45. The Balaban J connectivity index is 1.98. The van der Waals surface area contributed by atoms with E-state index in [9.17, 15) is 0 Å². The molecule has 1 aromatic carbocycles. The summed E-state index contributed by atoms with van der Waals surface area (Å²) in [6.45, 7) is 5.07. The third kappa shape index (κ3) is 3.95. The van der Waals surface area contributed by atoms with E-state index in [1.807, 2.05) is 6.07 Å². The van der Waals surface area contributed by atoms with Crippen molar-refractivity contribution >= 4 is 6.08 Å². The summed E-state index contributed by atoms with van der Waals surface area (Å²) in [7, 11) is 1.77. The molecule has 0 radical (unpaired) electrons. The van der Waals surface area contributed by atoms with Gasteiger partial charge in [-0.2, -0.15) is 0 Å². The summed E-state index contributed by atoms with van der Waals surface area (Å²) < 4.78 is 5.33. The SMILES string of the molecule is COCC(/C=C/c1ccccc1)N1CCNCC1. The molecule has 0 saturated carbocycles. The van der Waals surface area contributed by atoms with Gasteiger partial charge in [0.1, 0.15) is 0 Å². The molecule has 0 bridgehead atoms. The molecule has 98 valence electrons. The molecule has 0 aliphatic carbocycles. The molecule has 1 heterocycles. The van der Waals surface area contributed by atoms with E-state index in [-0.39, 0.29) is 0 Å². The minimum absolute atomic E-state index is 0.373. The highest BCUT2D eigenvalue weighted by Gasteiger charge is 2.17. The Bertz CT molecular complexity index is 358. The van der Waals surface area contributed by atoms with Crippen LogP contribution in [0, 0.1) is 0 Å². The van der Waals surface area contributed by atoms with Crippen LogP contribution in [0.4, 0.5) is 0 Å². The summed E-state index contributed by atoms with van der Waals surface area (Å²) in [5.41, 5.74) is 1.24. The Labute approximate surface area is 109 Å². The maximum absolute atomic E-state index is 5.33. The van der Waals surface area contributed by atoms with Crippen LogP contribution >= 0.6 is 0 Å². The normalized spacial score (nSPS) is 19.2. The van der Waals surface area contributed by atoms with Crippen molar-refractivity contribution < 1.29 is 4.74 Å². The minimum atomic E-state index is 0.373. The van der Waals surface area contributed by atoms with Crippen molar-refractivity contribution in [3.63, 3.8) is 0 Å². The maximum atomic E-state index is 5.33. The first-order valence-electron chi connectivity index (χ1n) is 6.57. The molecular weight excluding hydrogens is 224 g/mol. The van der Waals surface area contributed by atoms with Gasteiger partial charge in [0.25, 0.3) is 0 Å². The lowest BCUT2D eigenvalue weighted by Gasteiger charge is -2.32. The summed E-state index contributed by atoms with van der Waals surface area (Å²) in [5.74, 6) is 0. The number of nitrogens with zero attached hydrogens (tertiary/aromatic N) is 1. The van der Waals surface area contributed by atoms with Crippen molar-refractivity contribution in [1.29, 1.82) is 0 Å². The summed E-state index contributed by atoms with van der Waals surface area (Å²) in [4.78, 5) is 2.47. The zero-order valence-electron chi connectivity index (χ0n) is 11.0. The Kier molecular flexibility index (Phi) is 5.39. The number of rotatable bonds is 5. The number of hydrogen-bond donors (Lipinski definition) is 1. The molecule has 1 aliphatic heterocycles. The van der Waals surface area contributed by atoms with Gasteiger partial charge in [-0.05, 0) is 5.56 Å². The molecule has 1 aliphatic rings. The van der Waals surface area contributed by atoms with Gasteiger partial charge in [0.15, 0.2) is 0 Å². The second-order valence-electron chi connectivity index (χ2n) is 4.58. The molecule has 2 rings (SSSR count). The lowest BCUT2D eigenvalue weighted by atomic mass is 10.1. The lowest BCUT2D eigenvalue weighted by Crippen LogP contribution is -2.49. The molecule has 18 heavy (non-hydrogen) atoms. The van der Waals surface area contributed by atoms with Crippen molar-refractivity contribution in [3.8, 4) is 0 Å². The van der Waals surface area contributed by atoms with E-state index < -0.39 is 0 Å². The first-order chi connectivity index (χ1) is 8.90. The highest BCUT2D eigenvalue weighted by Crippen LogP contribution is 2.08. The van der Waals surface area contributed by atoms with Gasteiger partial charge in [0.2, 0.25) is 0 Å². The van der Waals surface area contributed by atoms with Crippen molar-refractivity contribution in [2.75, 3.05) is 39.9 Å². The van der Waals surface area contributed by atoms with Crippen LogP contribution < -0.4 is 5.32 Å². The number of piperazine rings is 1. The van der Waals surface area contributed by atoms with Gasteiger partial charge >= 0.3 is 0 Å². The van der Waals surface area contributed by atoms with Crippen LogP contribution in [0.2, 0.25) is 0 Å². The third-order valence-corrected chi connectivity index (χ3v) is 3.27. The van der Waals surface area contributed by atoms with Gasteiger partial charge in [0, 0.05) is 33.3 Å². The summed E-state index contributed by atoms with van der Waals surface area (Å²) in [6.07, 6.45) is 4.44.